The number of carbonyl (C=O) groups excluding carboxylic acids is 3. The van der Waals surface area contributed by atoms with Gasteiger partial charge in [-0.05, 0) is 44.2 Å². The third-order valence-corrected chi connectivity index (χ3v) is 5.83. The van der Waals surface area contributed by atoms with Crippen LogP contribution in [-0.2, 0) is 4.79 Å². The molecule has 2 fully saturated rings. The van der Waals surface area contributed by atoms with Crippen LogP contribution in [0.4, 0.5) is 13.6 Å². The Morgan fingerprint density at radius 2 is 1.93 bits per heavy atom. The van der Waals surface area contributed by atoms with E-state index in [1.807, 2.05) is 6.92 Å². The first-order chi connectivity index (χ1) is 13.7. The first-order valence-electron chi connectivity index (χ1n) is 9.72. The molecule has 3 rings (SSSR count). The van der Waals surface area contributed by atoms with E-state index in [1.165, 1.54) is 9.80 Å². The standard InChI is InChI=1S/C21H25F2N3O3/c1-4-21(19(28)26(12-13(2)3)20(29)24-21)14-7-9-25(10-8-14)18(27)16-6-5-15(22)11-17(16)23/h5-6,11,14H,2,4,7-10,12H2,1,3H3,(H,24,29). The predicted molar refractivity (Wildman–Crippen MR) is 103 cm³/mol. The highest BCUT2D eigenvalue weighted by molar-refractivity contribution is 6.07. The number of rotatable bonds is 5. The molecule has 1 aromatic carbocycles. The first-order valence-corrected chi connectivity index (χ1v) is 9.72. The van der Waals surface area contributed by atoms with E-state index < -0.39 is 29.1 Å². The fourth-order valence-corrected chi connectivity index (χ4v) is 4.27. The van der Waals surface area contributed by atoms with Crippen LogP contribution < -0.4 is 5.32 Å². The summed E-state index contributed by atoms with van der Waals surface area (Å²) >= 11 is 0. The van der Waals surface area contributed by atoms with E-state index in [0.29, 0.717) is 44.0 Å². The third-order valence-electron chi connectivity index (χ3n) is 5.83. The SMILES string of the molecule is C=C(C)CN1C(=O)NC(CC)(C2CCN(C(=O)c3ccc(F)cc3F)CC2)C1=O. The summed E-state index contributed by atoms with van der Waals surface area (Å²) in [6, 6.07) is 2.46. The highest BCUT2D eigenvalue weighted by Gasteiger charge is 2.54. The smallest absolute Gasteiger partial charge is 0.325 e. The lowest BCUT2D eigenvalue weighted by Gasteiger charge is -2.40. The van der Waals surface area contributed by atoms with Crippen molar-refractivity contribution in [3.8, 4) is 0 Å². The Labute approximate surface area is 168 Å². The molecule has 8 heteroatoms. The Bertz CT molecular complexity index is 865. The van der Waals surface area contributed by atoms with E-state index in [0.717, 1.165) is 12.1 Å². The van der Waals surface area contributed by atoms with Gasteiger partial charge in [-0.1, -0.05) is 19.1 Å². The summed E-state index contributed by atoms with van der Waals surface area (Å²) in [5.74, 6) is -2.53. The summed E-state index contributed by atoms with van der Waals surface area (Å²) in [5, 5.41) is 2.87. The maximum atomic E-state index is 13.9. The molecule has 29 heavy (non-hydrogen) atoms. The van der Waals surface area contributed by atoms with Gasteiger partial charge in [-0.3, -0.25) is 14.5 Å². The Hall–Kier alpha value is -2.77. The summed E-state index contributed by atoms with van der Waals surface area (Å²) < 4.78 is 27.0. The van der Waals surface area contributed by atoms with Crippen molar-refractivity contribution in [1.82, 2.24) is 15.1 Å². The van der Waals surface area contributed by atoms with Crippen LogP contribution >= 0.6 is 0 Å². The Kier molecular flexibility index (Phi) is 5.73. The van der Waals surface area contributed by atoms with Gasteiger partial charge < -0.3 is 10.2 Å². The van der Waals surface area contributed by atoms with Gasteiger partial charge in [-0.15, -0.1) is 0 Å². The molecular formula is C21H25F2N3O3. The van der Waals surface area contributed by atoms with Gasteiger partial charge in [0.25, 0.3) is 11.8 Å². The Morgan fingerprint density at radius 1 is 1.28 bits per heavy atom. The molecule has 0 bridgehead atoms. The van der Waals surface area contributed by atoms with Crippen molar-refractivity contribution in [2.24, 2.45) is 5.92 Å². The van der Waals surface area contributed by atoms with Crippen LogP contribution in [0.1, 0.15) is 43.5 Å². The van der Waals surface area contributed by atoms with Crippen molar-refractivity contribution in [3.05, 3.63) is 47.5 Å². The van der Waals surface area contributed by atoms with Crippen molar-refractivity contribution in [2.45, 2.75) is 38.6 Å². The molecule has 2 saturated heterocycles. The second-order valence-corrected chi connectivity index (χ2v) is 7.79. The van der Waals surface area contributed by atoms with E-state index in [-0.39, 0.29) is 23.9 Å². The number of urea groups is 1. The molecule has 0 spiro atoms. The lowest BCUT2D eigenvalue weighted by molar-refractivity contribution is -0.133. The molecular weight excluding hydrogens is 380 g/mol. The summed E-state index contributed by atoms with van der Waals surface area (Å²) in [6.45, 7) is 8.21. The summed E-state index contributed by atoms with van der Waals surface area (Å²) in [6.07, 6.45) is 1.43. The number of carbonyl (C=O) groups is 3. The minimum absolute atomic E-state index is 0.138. The van der Waals surface area contributed by atoms with Crippen LogP contribution in [0.2, 0.25) is 0 Å². The lowest BCUT2D eigenvalue weighted by atomic mass is 9.75. The number of halogens is 2. The van der Waals surface area contributed by atoms with Crippen molar-refractivity contribution in [3.63, 3.8) is 0 Å². The molecule has 1 aromatic rings. The number of likely N-dealkylation sites (tertiary alicyclic amines) is 1. The molecule has 4 amide bonds. The highest BCUT2D eigenvalue weighted by atomic mass is 19.1. The molecule has 1 unspecified atom stereocenters. The summed E-state index contributed by atoms with van der Waals surface area (Å²) in [7, 11) is 0. The van der Waals surface area contributed by atoms with Crippen molar-refractivity contribution < 1.29 is 23.2 Å². The van der Waals surface area contributed by atoms with E-state index in [9.17, 15) is 23.2 Å². The Balaban J connectivity index is 1.72. The molecule has 0 aliphatic carbocycles. The lowest BCUT2D eigenvalue weighted by Crippen LogP contribution is -2.56. The van der Waals surface area contributed by atoms with Crippen LogP contribution in [0, 0.1) is 17.6 Å². The van der Waals surface area contributed by atoms with E-state index in [1.54, 1.807) is 6.92 Å². The monoisotopic (exact) mass is 405 g/mol. The molecule has 1 N–H and O–H groups in total. The fourth-order valence-electron chi connectivity index (χ4n) is 4.27. The van der Waals surface area contributed by atoms with Crippen molar-refractivity contribution >= 4 is 17.8 Å². The second kappa shape index (κ2) is 7.93. The van der Waals surface area contributed by atoms with Gasteiger partial charge in [0.1, 0.15) is 17.2 Å². The summed E-state index contributed by atoms with van der Waals surface area (Å²) in [4.78, 5) is 40.7. The molecule has 2 aliphatic rings. The number of imide groups is 1. The number of nitrogens with one attached hydrogen (secondary N) is 1. The quantitative estimate of drug-likeness (QED) is 0.605. The predicted octanol–water partition coefficient (Wildman–Crippen LogP) is 3.09. The normalized spacial score (nSPS) is 22.8. The van der Waals surface area contributed by atoms with Crippen LogP contribution in [0.3, 0.4) is 0 Å². The number of amides is 4. The molecule has 2 aliphatic heterocycles. The molecule has 0 saturated carbocycles. The minimum atomic E-state index is -0.997. The fraction of sp³-hybridized carbons (Fsp3) is 0.476. The highest BCUT2D eigenvalue weighted by Crippen LogP contribution is 2.36. The molecule has 0 aromatic heterocycles. The number of hydrogen-bond donors (Lipinski definition) is 1. The molecule has 2 heterocycles. The third kappa shape index (κ3) is 3.75. The van der Waals surface area contributed by atoms with Gasteiger partial charge in [0, 0.05) is 19.2 Å². The average Bonchev–Trinajstić information content (AvgIpc) is 2.92. The van der Waals surface area contributed by atoms with Gasteiger partial charge in [0.2, 0.25) is 0 Å². The number of benzene rings is 1. The zero-order valence-electron chi connectivity index (χ0n) is 16.6. The zero-order valence-corrected chi connectivity index (χ0v) is 16.6. The molecule has 156 valence electrons. The van der Waals surface area contributed by atoms with E-state index >= 15 is 0 Å². The number of piperidine rings is 1. The average molecular weight is 405 g/mol. The van der Waals surface area contributed by atoms with Crippen molar-refractivity contribution in [1.29, 1.82) is 0 Å². The molecule has 0 radical (unpaired) electrons. The molecule has 1 atom stereocenters. The van der Waals surface area contributed by atoms with Gasteiger partial charge >= 0.3 is 6.03 Å². The first kappa shape index (κ1) is 21.0. The van der Waals surface area contributed by atoms with E-state index in [4.69, 9.17) is 0 Å². The zero-order chi connectivity index (χ0) is 21.3. The largest absolute Gasteiger partial charge is 0.339 e. The minimum Gasteiger partial charge on any atom is -0.339 e. The van der Waals surface area contributed by atoms with Gasteiger partial charge in [0.15, 0.2) is 0 Å². The van der Waals surface area contributed by atoms with Gasteiger partial charge in [-0.2, -0.15) is 0 Å². The van der Waals surface area contributed by atoms with Gasteiger partial charge in [-0.25, -0.2) is 13.6 Å². The molecule has 6 nitrogen and oxygen atoms in total. The number of hydrogen-bond acceptors (Lipinski definition) is 3. The van der Waals surface area contributed by atoms with Crippen LogP contribution in [0.15, 0.2) is 30.4 Å². The maximum Gasteiger partial charge on any atom is 0.325 e. The maximum absolute atomic E-state index is 13.9. The number of nitrogens with zero attached hydrogens (tertiary/aromatic N) is 2. The topological polar surface area (TPSA) is 69.7 Å². The van der Waals surface area contributed by atoms with Gasteiger partial charge in [0.05, 0.1) is 12.1 Å². The van der Waals surface area contributed by atoms with Crippen LogP contribution in [-0.4, -0.2) is 52.8 Å². The van der Waals surface area contributed by atoms with Crippen LogP contribution in [0.25, 0.3) is 0 Å². The van der Waals surface area contributed by atoms with Crippen molar-refractivity contribution in [2.75, 3.05) is 19.6 Å². The summed E-state index contributed by atoms with van der Waals surface area (Å²) in [5.41, 5.74) is -0.460. The van der Waals surface area contributed by atoms with Crippen LogP contribution in [0.5, 0.6) is 0 Å². The Morgan fingerprint density at radius 3 is 2.48 bits per heavy atom. The van der Waals surface area contributed by atoms with E-state index in [2.05, 4.69) is 11.9 Å². The second-order valence-electron chi connectivity index (χ2n) is 7.79.